The van der Waals surface area contributed by atoms with Crippen molar-refractivity contribution in [3.05, 3.63) is 47.7 Å². The summed E-state index contributed by atoms with van der Waals surface area (Å²) in [6.45, 7) is 7.33. The Hall–Kier alpha value is -3.20. The lowest BCUT2D eigenvalue weighted by atomic mass is 10.1. The lowest BCUT2D eigenvalue weighted by Gasteiger charge is -2.23. The molecule has 2 aromatic rings. The van der Waals surface area contributed by atoms with Gasteiger partial charge in [-0.1, -0.05) is 30.3 Å². The minimum Gasteiger partial charge on any atom is -0.467 e. The van der Waals surface area contributed by atoms with Gasteiger partial charge < -0.3 is 15.4 Å². The van der Waals surface area contributed by atoms with Crippen molar-refractivity contribution in [1.82, 2.24) is 20.0 Å². The molecule has 2 heterocycles. The van der Waals surface area contributed by atoms with E-state index in [-0.39, 0.29) is 6.04 Å². The lowest BCUT2D eigenvalue weighted by molar-refractivity contribution is -0.150. The van der Waals surface area contributed by atoms with Gasteiger partial charge in [0.15, 0.2) is 0 Å². The first kappa shape index (κ1) is 22.5. The zero-order valence-corrected chi connectivity index (χ0v) is 18.3. The molecule has 0 aliphatic carbocycles. The fourth-order valence-electron chi connectivity index (χ4n) is 3.69. The highest BCUT2D eigenvalue weighted by Crippen LogP contribution is 2.27. The molecule has 2 amide bonds. The number of hydrogen-bond donors (Lipinski definition) is 2. The third-order valence-electron chi connectivity index (χ3n) is 5.38. The Morgan fingerprint density at radius 2 is 1.90 bits per heavy atom. The Morgan fingerprint density at radius 1 is 1.19 bits per heavy atom. The lowest BCUT2D eigenvalue weighted by Crippen LogP contribution is -2.53. The molecular formula is C22H29N5O4. The van der Waals surface area contributed by atoms with Crippen LogP contribution in [0.5, 0.6) is 0 Å². The van der Waals surface area contributed by atoms with Crippen LogP contribution in [0.15, 0.2) is 36.5 Å². The molecule has 9 heteroatoms. The molecule has 9 nitrogen and oxygen atoms in total. The van der Waals surface area contributed by atoms with E-state index in [4.69, 9.17) is 0 Å². The molecule has 166 valence electrons. The monoisotopic (exact) mass is 427 g/mol. The quantitative estimate of drug-likeness (QED) is 0.536. The van der Waals surface area contributed by atoms with Crippen LogP contribution in [0.25, 0.3) is 0 Å². The summed E-state index contributed by atoms with van der Waals surface area (Å²) >= 11 is 0. The van der Waals surface area contributed by atoms with Gasteiger partial charge in [-0.3, -0.25) is 14.5 Å². The number of rotatable bonds is 6. The summed E-state index contributed by atoms with van der Waals surface area (Å²) in [5.74, 6) is -1.93. The maximum atomic E-state index is 12.5. The average Bonchev–Trinajstić information content (AvgIpc) is 3.34. The van der Waals surface area contributed by atoms with Crippen LogP contribution in [0, 0.1) is 6.92 Å². The number of anilines is 1. The van der Waals surface area contributed by atoms with Gasteiger partial charge in [0.05, 0.1) is 19.3 Å². The second-order valence-electron chi connectivity index (χ2n) is 8.31. The molecule has 1 aromatic heterocycles. The van der Waals surface area contributed by atoms with E-state index in [2.05, 4.69) is 37.5 Å². The van der Waals surface area contributed by atoms with Crippen LogP contribution >= 0.6 is 0 Å². The standard InChI is InChI=1S/C22H29N5O4/c1-15-12-23-27(17-10-11-26(14-17)13-16-8-6-5-7-9-16)18(15)24-19(28)20(29)25-22(2,3)21(30)31-4/h5-9,12,17H,10-11,13-14H2,1-4H3,(H,24,28)(H,25,29)/t17-/m0/s1. The molecule has 0 saturated carbocycles. The molecule has 1 atom stereocenters. The minimum absolute atomic E-state index is 0.0854. The molecule has 31 heavy (non-hydrogen) atoms. The van der Waals surface area contributed by atoms with Crippen LogP contribution in [0.4, 0.5) is 5.82 Å². The van der Waals surface area contributed by atoms with Crippen LogP contribution in [0.2, 0.25) is 0 Å². The van der Waals surface area contributed by atoms with Crippen molar-refractivity contribution in [3.8, 4) is 0 Å². The fourth-order valence-corrected chi connectivity index (χ4v) is 3.69. The van der Waals surface area contributed by atoms with Crippen LogP contribution in [-0.4, -0.2) is 58.2 Å². The molecule has 1 fully saturated rings. The number of hydrogen-bond acceptors (Lipinski definition) is 6. The van der Waals surface area contributed by atoms with Crippen molar-refractivity contribution in [2.24, 2.45) is 0 Å². The highest BCUT2D eigenvalue weighted by Gasteiger charge is 2.33. The Kier molecular flexibility index (Phi) is 6.74. The van der Waals surface area contributed by atoms with Crippen molar-refractivity contribution in [2.45, 2.75) is 45.3 Å². The number of benzene rings is 1. The van der Waals surface area contributed by atoms with Gasteiger partial charge in [-0.25, -0.2) is 9.48 Å². The maximum absolute atomic E-state index is 12.5. The maximum Gasteiger partial charge on any atom is 0.330 e. The van der Waals surface area contributed by atoms with Crippen molar-refractivity contribution in [3.63, 3.8) is 0 Å². The number of likely N-dealkylation sites (tertiary alicyclic amines) is 1. The summed E-state index contributed by atoms with van der Waals surface area (Å²) < 4.78 is 6.43. The second kappa shape index (κ2) is 9.30. The van der Waals surface area contributed by atoms with Gasteiger partial charge in [-0.2, -0.15) is 5.10 Å². The highest BCUT2D eigenvalue weighted by molar-refractivity contribution is 6.40. The largest absolute Gasteiger partial charge is 0.467 e. The van der Waals surface area contributed by atoms with Crippen molar-refractivity contribution < 1.29 is 19.1 Å². The molecule has 0 spiro atoms. The van der Waals surface area contributed by atoms with Gasteiger partial charge in [0, 0.05) is 25.2 Å². The molecule has 1 saturated heterocycles. The SMILES string of the molecule is COC(=O)C(C)(C)NC(=O)C(=O)Nc1c(C)cnn1[C@H]1CCN(Cc2ccccc2)C1. The van der Waals surface area contributed by atoms with E-state index in [9.17, 15) is 14.4 Å². The van der Waals surface area contributed by atoms with Crippen molar-refractivity contribution in [1.29, 1.82) is 0 Å². The van der Waals surface area contributed by atoms with E-state index in [1.54, 1.807) is 10.9 Å². The van der Waals surface area contributed by atoms with Gasteiger partial charge in [0.1, 0.15) is 11.4 Å². The van der Waals surface area contributed by atoms with E-state index in [0.29, 0.717) is 5.82 Å². The van der Waals surface area contributed by atoms with Gasteiger partial charge in [-0.15, -0.1) is 0 Å². The van der Waals surface area contributed by atoms with Gasteiger partial charge >= 0.3 is 17.8 Å². The zero-order valence-electron chi connectivity index (χ0n) is 18.3. The number of carbonyl (C=O) groups is 3. The Bertz CT molecular complexity index is 954. The first-order chi connectivity index (χ1) is 14.7. The molecule has 1 aliphatic heterocycles. The summed E-state index contributed by atoms with van der Waals surface area (Å²) in [4.78, 5) is 38.9. The molecule has 2 N–H and O–H groups in total. The predicted octanol–water partition coefficient (Wildman–Crippen LogP) is 1.64. The number of nitrogens with zero attached hydrogens (tertiary/aromatic N) is 3. The van der Waals surface area contributed by atoms with E-state index in [1.165, 1.54) is 26.5 Å². The topological polar surface area (TPSA) is 106 Å². The number of carbonyl (C=O) groups excluding carboxylic acids is 3. The van der Waals surface area contributed by atoms with Crippen LogP contribution < -0.4 is 10.6 Å². The first-order valence-electron chi connectivity index (χ1n) is 10.2. The van der Waals surface area contributed by atoms with Gasteiger partial charge in [0.25, 0.3) is 0 Å². The third-order valence-corrected chi connectivity index (χ3v) is 5.38. The van der Waals surface area contributed by atoms with E-state index >= 15 is 0 Å². The van der Waals surface area contributed by atoms with Crippen LogP contribution in [0.3, 0.4) is 0 Å². The fraction of sp³-hybridized carbons (Fsp3) is 0.455. The van der Waals surface area contributed by atoms with E-state index < -0.39 is 23.3 Å². The van der Waals surface area contributed by atoms with Gasteiger partial charge in [0.2, 0.25) is 0 Å². The predicted molar refractivity (Wildman–Crippen MR) is 115 cm³/mol. The van der Waals surface area contributed by atoms with Crippen LogP contribution in [0.1, 0.15) is 37.4 Å². The first-order valence-corrected chi connectivity index (χ1v) is 10.2. The van der Waals surface area contributed by atoms with Gasteiger partial charge in [-0.05, 0) is 32.8 Å². The molecule has 3 rings (SSSR count). The smallest absolute Gasteiger partial charge is 0.330 e. The van der Waals surface area contributed by atoms with E-state index in [0.717, 1.165) is 31.6 Å². The Balaban J connectivity index is 1.65. The summed E-state index contributed by atoms with van der Waals surface area (Å²) in [5, 5.41) is 9.49. The van der Waals surface area contributed by atoms with Crippen LogP contribution in [-0.2, 0) is 25.7 Å². The normalized spacial score (nSPS) is 16.7. The number of nitrogens with one attached hydrogen (secondary N) is 2. The number of esters is 1. The van der Waals surface area contributed by atoms with Crippen molar-refractivity contribution >= 4 is 23.6 Å². The zero-order chi connectivity index (χ0) is 22.6. The third kappa shape index (κ3) is 5.29. The molecule has 1 aliphatic rings. The number of methoxy groups -OCH3 is 1. The summed E-state index contributed by atoms with van der Waals surface area (Å²) in [6, 6.07) is 10.3. The number of aryl methyl sites for hydroxylation is 1. The summed E-state index contributed by atoms with van der Waals surface area (Å²) in [5.41, 5.74) is 0.690. The molecule has 0 bridgehead atoms. The number of ether oxygens (including phenoxy) is 1. The average molecular weight is 428 g/mol. The number of aromatic nitrogens is 2. The summed E-state index contributed by atoms with van der Waals surface area (Å²) in [7, 11) is 1.22. The summed E-state index contributed by atoms with van der Waals surface area (Å²) in [6.07, 6.45) is 2.56. The Labute approximate surface area is 181 Å². The molecule has 1 aromatic carbocycles. The molecule has 0 unspecified atom stereocenters. The minimum atomic E-state index is -1.32. The second-order valence-corrected chi connectivity index (χ2v) is 8.31. The van der Waals surface area contributed by atoms with E-state index in [1.807, 2.05) is 25.1 Å². The number of amides is 2. The molecular weight excluding hydrogens is 398 g/mol. The van der Waals surface area contributed by atoms with Crippen molar-refractivity contribution in [2.75, 3.05) is 25.5 Å². The molecule has 0 radical (unpaired) electrons. The Morgan fingerprint density at radius 3 is 2.58 bits per heavy atom. The highest BCUT2D eigenvalue weighted by atomic mass is 16.5.